The molecule has 0 saturated heterocycles. The van der Waals surface area contributed by atoms with Crippen molar-refractivity contribution >= 4 is 17.9 Å². The quantitative estimate of drug-likeness (QED) is 0.660. The number of carbonyl (C=O) groups excluding carboxylic acids is 3. The van der Waals surface area contributed by atoms with Crippen molar-refractivity contribution in [3.63, 3.8) is 0 Å². The lowest BCUT2D eigenvalue weighted by atomic mass is 10.1. The predicted octanol–water partition coefficient (Wildman–Crippen LogP) is 2.20. The zero-order chi connectivity index (χ0) is 20.1. The Hall–Kier alpha value is -3.94. The second-order valence-electron chi connectivity index (χ2n) is 6.03. The van der Waals surface area contributed by atoms with E-state index in [1.54, 1.807) is 10.9 Å². The maximum Gasteiger partial charge on any atom is 0.342 e. The molecule has 3 rings (SSSR count). The number of aryl methyl sites for hydroxylation is 1. The van der Waals surface area contributed by atoms with Crippen LogP contribution in [0.15, 0.2) is 60.8 Å². The van der Waals surface area contributed by atoms with Crippen LogP contribution in [0.4, 0.5) is 4.79 Å². The Morgan fingerprint density at radius 1 is 1.11 bits per heavy atom. The molecule has 8 nitrogen and oxygen atoms in total. The van der Waals surface area contributed by atoms with Gasteiger partial charge >= 0.3 is 12.0 Å². The van der Waals surface area contributed by atoms with Gasteiger partial charge in [-0.1, -0.05) is 42.0 Å². The van der Waals surface area contributed by atoms with Crippen LogP contribution in [-0.4, -0.2) is 34.3 Å². The summed E-state index contributed by atoms with van der Waals surface area (Å²) in [6.07, 6.45) is 1.54. The number of imide groups is 1. The fourth-order valence-corrected chi connectivity index (χ4v) is 2.62. The number of nitrogens with one attached hydrogen (secondary N) is 1. The minimum atomic E-state index is -1.02. The van der Waals surface area contributed by atoms with E-state index in [4.69, 9.17) is 10.5 Å². The standard InChI is InChI=1S/C20H18N4O4/c1-13-6-5-7-14(10-13)18-16(19(26)28-12-17(25)22-20(21)27)11-24(23-18)15-8-3-2-4-9-15/h2-11H,12H2,1H3,(H3,21,22,25,27). The van der Waals surface area contributed by atoms with Gasteiger partial charge < -0.3 is 10.5 Å². The number of nitrogens with zero attached hydrogens (tertiary/aromatic N) is 2. The number of hydrogen-bond donors (Lipinski definition) is 2. The molecule has 0 aliphatic rings. The van der Waals surface area contributed by atoms with Crippen LogP contribution in [0.5, 0.6) is 0 Å². The van der Waals surface area contributed by atoms with Crippen molar-refractivity contribution in [1.82, 2.24) is 15.1 Å². The average Bonchev–Trinajstić information content (AvgIpc) is 3.12. The number of primary amides is 1. The first-order chi connectivity index (χ1) is 13.4. The first kappa shape index (κ1) is 18.8. The third kappa shape index (κ3) is 4.42. The molecular weight excluding hydrogens is 360 g/mol. The van der Waals surface area contributed by atoms with E-state index in [0.29, 0.717) is 5.69 Å². The highest BCUT2D eigenvalue weighted by atomic mass is 16.5. The molecule has 3 amide bonds. The highest BCUT2D eigenvalue weighted by molar-refractivity contribution is 5.99. The number of ether oxygens (including phenoxy) is 1. The topological polar surface area (TPSA) is 116 Å². The molecule has 1 heterocycles. The second kappa shape index (κ2) is 8.17. The number of carbonyl (C=O) groups is 3. The fraction of sp³-hybridized carbons (Fsp3) is 0.100. The Bertz CT molecular complexity index is 1030. The van der Waals surface area contributed by atoms with Crippen LogP contribution in [0.1, 0.15) is 15.9 Å². The predicted molar refractivity (Wildman–Crippen MR) is 102 cm³/mol. The van der Waals surface area contributed by atoms with Gasteiger partial charge in [-0.05, 0) is 25.1 Å². The van der Waals surface area contributed by atoms with Gasteiger partial charge in [-0.25, -0.2) is 14.3 Å². The molecule has 142 valence electrons. The Morgan fingerprint density at radius 2 is 1.86 bits per heavy atom. The Balaban J connectivity index is 1.94. The molecule has 0 radical (unpaired) electrons. The maximum atomic E-state index is 12.6. The smallest absolute Gasteiger partial charge is 0.342 e. The van der Waals surface area contributed by atoms with Gasteiger partial charge in [0.05, 0.1) is 5.69 Å². The van der Waals surface area contributed by atoms with Crippen LogP contribution < -0.4 is 11.1 Å². The summed E-state index contributed by atoms with van der Waals surface area (Å²) in [7, 11) is 0. The Labute approximate surface area is 160 Å². The van der Waals surface area contributed by atoms with Crippen LogP contribution in [-0.2, 0) is 9.53 Å². The van der Waals surface area contributed by atoms with E-state index in [1.807, 2.05) is 66.8 Å². The number of aromatic nitrogens is 2. The molecule has 0 spiro atoms. The first-order valence-electron chi connectivity index (χ1n) is 8.42. The lowest BCUT2D eigenvalue weighted by molar-refractivity contribution is -0.123. The van der Waals surface area contributed by atoms with Crippen molar-refractivity contribution in [3.8, 4) is 16.9 Å². The molecule has 2 aromatic carbocycles. The summed E-state index contributed by atoms with van der Waals surface area (Å²) in [5, 5.41) is 6.37. The van der Waals surface area contributed by atoms with E-state index in [1.165, 1.54) is 0 Å². The van der Waals surface area contributed by atoms with Gasteiger partial charge in [0.15, 0.2) is 6.61 Å². The number of urea groups is 1. The number of benzene rings is 2. The van der Waals surface area contributed by atoms with E-state index in [2.05, 4.69) is 5.10 Å². The lowest BCUT2D eigenvalue weighted by Crippen LogP contribution is -2.37. The van der Waals surface area contributed by atoms with Gasteiger partial charge in [0, 0.05) is 11.8 Å². The van der Waals surface area contributed by atoms with Crippen LogP contribution in [0.3, 0.4) is 0 Å². The average molecular weight is 378 g/mol. The summed E-state index contributed by atoms with van der Waals surface area (Å²) in [5.74, 6) is -1.55. The van der Waals surface area contributed by atoms with Crippen LogP contribution in [0.25, 0.3) is 16.9 Å². The summed E-state index contributed by atoms with van der Waals surface area (Å²) >= 11 is 0. The third-order valence-electron chi connectivity index (χ3n) is 3.84. The van der Waals surface area contributed by atoms with Crippen molar-refractivity contribution < 1.29 is 19.1 Å². The van der Waals surface area contributed by atoms with Crippen LogP contribution in [0, 0.1) is 6.92 Å². The SMILES string of the molecule is Cc1cccc(-c2nn(-c3ccccc3)cc2C(=O)OCC(=O)NC(N)=O)c1. The monoisotopic (exact) mass is 378 g/mol. The Morgan fingerprint density at radius 3 is 2.54 bits per heavy atom. The molecule has 3 aromatic rings. The summed E-state index contributed by atoms with van der Waals surface area (Å²) in [6, 6.07) is 15.8. The number of amides is 3. The molecule has 8 heteroatoms. The molecule has 0 aliphatic heterocycles. The normalized spacial score (nSPS) is 10.3. The zero-order valence-electron chi connectivity index (χ0n) is 15.1. The second-order valence-corrected chi connectivity index (χ2v) is 6.03. The summed E-state index contributed by atoms with van der Waals surface area (Å²) in [4.78, 5) is 34.8. The van der Waals surface area contributed by atoms with Gasteiger partial charge in [0.2, 0.25) is 0 Å². The zero-order valence-corrected chi connectivity index (χ0v) is 15.1. The number of rotatable bonds is 5. The largest absolute Gasteiger partial charge is 0.452 e. The molecule has 0 saturated carbocycles. The van der Waals surface area contributed by atoms with Crippen molar-refractivity contribution in [1.29, 1.82) is 0 Å². The molecule has 0 aliphatic carbocycles. The molecule has 0 fully saturated rings. The number of hydrogen-bond acceptors (Lipinski definition) is 5. The van der Waals surface area contributed by atoms with Gasteiger partial charge in [-0.3, -0.25) is 10.1 Å². The van der Waals surface area contributed by atoms with Crippen molar-refractivity contribution in [2.75, 3.05) is 6.61 Å². The minimum absolute atomic E-state index is 0.196. The van der Waals surface area contributed by atoms with Gasteiger partial charge in [-0.15, -0.1) is 0 Å². The molecule has 3 N–H and O–H groups in total. The summed E-state index contributed by atoms with van der Waals surface area (Å²) in [6.45, 7) is 1.30. The van der Waals surface area contributed by atoms with Crippen molar-refractivity contribution in [2.45, 2.75) is 6.92 Å². The minimum Gasteiger partial charge on any atom is -0.452 e. The van der Waals surface area contributed by atoms with Crippen LogP contribution >= 0.6 is 0 Å². The molecule has 1 aromatic heterocycles. The van der Waals surface area contributed by atoms with E-state index >= 15 is 0 Å². The highest BCUT2D eigenvalue weighted by Gasteiger charge is 2.21. The highest BCUT2D eigenvalue weighted by Crippen LogP contribution is 2.25. The van der Waals surface area contributed by atoms with E-state index in [9.17, 15) is 14.4 Å². The first-order valence-corrected chi connectivity index (χ1v) is 8.42. The number of nitrogens with two attached hydrogens (primary N) is 1. The molecular formula is C20H18N4O4. The van der Waals surface area contributed by atoms with E-state index < -0.39 is 24.5 Å². The molecule has 0 bridgehead atoms. The summed E-state index contributed by atoms with van der Waals surface area (Å²) in [5.41, 5.74) is 8.00. The van der Waals surface area contributed by atoms with Gasteiger partial charge in [0.25, 0.3) is 5.91 Å². The van der Waals surface area contributed by atoms with Crippen molar-refractivity contribution in [3.05, 3.63) is 71.9 Å². The van der Waals surface area contributed by atoms with Gasteiger partial charge in [0.1, 0.15) is 11.3 Å². The maximum absolute atomic E-state index is 12.6. The molecule has 0 unspecified atom stereocenters. The summed E-state index contributed by atoms with van der Waals surface area (Å²) < 4.78 is 6.59. The third-order valence-corrected chi connectivity index (χ3v) is 3.84. The van der Waals surface area contributed by atoms with Crippen molar-refractivity contribution in [2.24, 2.45) is 5.73 Å². The fourth-order valence-electron chi connectivity index (χ4n) is 2.62. The van der Waals surface area contributed by atoms with E-state index in [-0.39, 0.29) is 5.56 Å². The molecule has 28 heavy (non-hydrogen) atoms. The van der Waals surface area contributed by atoms with E-state index in [0.717, 1.165) is 16.8 Å². The number of para-hydroxylation sites is 1. The van der Waals surface area contributed by atoms with Crippen LogP contribution in [0.2, 0.25) is 0 Å². The Kier molecular flexibility index (Phi) is 5.50. The van der Waals surface area contributed by atoms with Gasteiger partial charge in [-0.2, -0.15) is 5.10 Å². The lowest BCUT2D eigenvalue weighted by Gasteiger charge is -2.05. The number of esters is 1. The molecule has 0 atom stereocenters.